The number of hydrogen-bond acceptors (Lipinski definition) is 3. The van der Waals surface area contributed by atoms with Gasteiger partial charge in [-0.1, -0.05) is 6.07 Å². The Morgan fingerprint density at radius 2 is 2.42 bits per heavy atom. The predicted molar refractivity (Wildman–Crippen MR) is 45.7 cm³/mol. The van der Waals surface area contributed by atoms with Crippen molar-refractivity contribution in [3.63, 3.8) is 0 Å². The van der Waals surface area contributed by atoms with Crippen LogP contribution in [-0.4, -0.2) is 23.8 Å². The standard InChI is InChI=1S/C9H13NO2/c1-12-9(5-7-11)8-4-2-3-6-10-8/h2-4,6,9,11H,5,7H2,1H3. The third kappa shape index (κ3) is 2.29. The van der Waals surface area contributed by atoms with E-state index in [4.69, 9.17) is 9.84 Å². The Kier molecular flexibility index (Phi) is 3.70. The Balaban J connectivity index is 2.66. The molecule has 0 saturated heterocycles. The summed E-state index contributed by atoms with van der Waals surface area (Å²) in [6.07, 6.45) is 2.22. The van der Waals surface area contributed by atoms with Crippen LogP contribution in [0.2, 0.25) is 0 Å². The van der Waals surface area contributed by atoms with Crippen LogP contribution < -0.4 is 0 Å². The molecule has 1 N–H and O–H groups in total. The van der Waals surface area contributed by atoms with Gasteiger partial charge in [-0.15, -0.1) is 0 Å². The third-order valence-electron chi connectivity index (χ3n) is 1.69. The van der Waals surface area contributed by atoms with Crippen molar-refractivity contribution in [1.29, 1.82) is 0 Å². The number of pyridine rings is 1. The molecule has 3 nitrogen and oxygen atoms in total. The number of aliphatic hydroxyl groups is 1. The van der Waals surface area contributed by atoms with Crippen molar-refractivity contribution in [3.05, 3.63) is 30.1 Å². The average molecular weight is 167 g/mol. The summed E-state index contributed by atoms with van der Waals surface area (Å²) in [6, 6.07) is 5.66. The van der Waals surface area contributed by atoms with E-state index in [9.17, 15) is 0 Å². The van der Waals surface area contributed by atoms with Gasteiger partial charge in [0.1, 0.15) is 6.10 Å². The highest BCUT2D eigenvalue weighted by Gasteiger charge is 2.09. The fraction of sp³-hybridized carbons (Fsp3) is 0.444. The van der Waals surface area contributed by atoms with Crippen LogP contribution >= 0.6 is 0 Å². The maximum atomic E-state index is 8.72. The molecule has 0 aliphatic heterocycles. The molecule has 66 valence electrons. The quantitative estimate of drug-likeness (QED) is 0.731. The Bertz CT molecular complexity index is 213. The smallest absolute Gasteiger partial charge is 0.101 e. The highest BCUT2D eigenvalue weighted by molar-refractivity contribution is 5.06. The lowest BCUT2D eigenvalue weighted by molar-refractivity contribution is 0.0743. The molecule has 1 aromatic rings. The van der Waals surface area contributed by atoms with Crippen molar-refractivity contribution < 1.29 is 9.84 Å². The maximum absolute atomic E-state index is 8.72. The first-order valence-corrected chi connectivity index (χ1v) is 3.93. The van der Waals surface area contributed by atoms with Crippen LogP contribution in [0.15, 0.2) is 24.4 Å². The number of ether oxygens (including phenoxy) is 1. The number of hydrogen-bond donors (Lipinski definition) is 1. The zero-order chi connectivity index (χ0) is 8.81. The first kappa shape index (κ1) is 9.16. The van der Waals surface area contributed by atoms with Crippen molar-refractivity contribution in [2.45, 2.75) is 12.5 Å². The second-order valence-electron chi connectivity index (χ2n) is 2.49. The Hall–Kier alpha value is -0.930. The van der Waals surface area contributed by atoms with Gasteiger partial charge in [-0.25, -0.2) is 0 Å². The summed E-state index contributed by atoms with van der Waals surface area (Å²) in [5.74, 6) is 0. The summed E-state index contributed by atoms with van der Waals surface area (Å²) in [4.78, 5) is 4.13. The van der Waals surface area contributed by atoms with Gasteiger partial charge in [-0.05, 0) is 12.1 Å². The summed E-state index contributed by atoms with van der Waals surface area (Å²) >= 11 is 0. The van der Waals surface area contributed by atoms with Gasteiger partial charge in [0.05, 0.1) is 5.69 Å². The summed E-state index contributed by atoms with van der Waals surface area (Å²) in [5, 5.41) is 8.72. The number of nitrogens with zero attached hydrogens (tertiary/aromatic N) is 1. The molecule has 3 heteroatoms. The molecule has 0 bridgehead atoms. The Morgan fingerprint density at radius 3 is 2.92 bits per heavy atom. The zero-order valence-corrected chi connectivity index (χ0v) is 7.10. The van der Waals surface area contributed by atoms with E-state index in [0.717, 1.165) is 5.69 Å². The van der Waals surface area contributed by atoms with E-state index in [2.05, 4.69) is 4.98 Å². The Morgan fingerprint density at radius 1 is 1.58 bits per heavy atom. The lowest BCUT2D eigenvalue weighted by atomic mass is 10.2. The molecule has 0 saturated carbocycles. The summed E-state index contributed by atoms with van der Waals surface area (Å²) in [7, 11) is 1.62. The monoisotopic (exact) mass is 167 g/mol. The van der Waals surface area contributed by atoms with Gasteiger partial charge in [0.2, 0.25) is 0 Å². The van der Waals surface area contributed by atoms with Gasteiger partial charge >= 0.3 is 0 Å². The van der Waals surface area contributed by atoms with Crippen molar-refractivity contribution in [1.82, 2.24) is 4.98 Å². The largest absolute Gasteiger partial charge is 0.396 e. The second kappa shape index (κ2) is 4.85. The van der Waals surface area contributed by atoms with Crippen molar-refractivity contribution in [2.75, 3.05) is 13.7 Å². The topological polar surface area (TPSA) is 42.4 Å². The summed E-state index contributed by atoms with van der Waals surface area (Å²) in [5.41, 5.74) is 0.869. The van der Waals surface area contributed by atoms with Crippen LogP contribution in [-0.2, 0) is 4.74 Å². The van der Waals surface area contributed by atoms with Crippen molar-refractivity contribution in [2.24, 2.45) is 0 Å². The van der Waals surface area contributed by atoms with Crippen molar-refractivity contribution in [3.8, 4) is 0 Å². The van der Waals surface area contributed by atoms with Crippen LogP contribution in [0.4, 0.5) is 0 Å². The number of rotatable bonds is 4. The van der Waals surface area contributed by atoms with E-state index in [1.54, 1.807) is 13.3 Å². The zero-order valence-electron chi connectivity index (χ0n) is 7.10. The average Bonchev–Trinajstić information content (AvgIpc) is 2.15. The molecule has 0 fully saturated rings. The molecule has 0 aliphatic rings. The van der Waals surface area contributed by atoms with Gasteiger partial charge in [0.25, 0.3) is 0 Å². The lowest BCUT2D eigenvalue weighted by Crippen LogP contribution is -2.05. The third-order valence-corrected chi connectivity index (χ3v) is 1.69. The molecular weight excluding hydrogens is 154 g/mol. The minimum absolute atomic E-state index is 0.0869. The van der Waals surface area contributed by atoms with Gasteiger partial charge < -0.3 is 9.84 Å². The molecule has 1 rings (SSSR count). The number of aliphatic hydroxyl groups excluding tert-OH is 1. The molecule has 0 amide bonds. The second-order valence-corrected chi connectivity index (χ2v) is 2.49. The maximum Gasteiger partial charge on any atom is 0.101 e. The molecule has 1 aromatic heterocycles. The van der Waals surface area contributed by atoms with Gasteiger partial charge in [-0.3, -0.25) is 4.98 Å². The normalized spacial score (nSPS) is 12.8. The van der Waals surface area contributed by atoms with E-state index in [1.807, 2.05) is 18.2 Å². The first-order valence-electron chi connectivity index (χ1n) is 3.93. The van der Waals surface area contributed by atoms with Crippen LogP contribution in [0, 0.1) is 0 Å². The van der Waals surface area contributed by atoms with E-state index in [0.29, 0.717) is 6.42 Å². The van der Waals surface area contributed by atoms with Gasteiger partial charge in [-0.2, -0.15) is 0 Å². The van der Waals surface area contributed by atoms with Crippen LogP contribution in [0.25, 0.3) is 0 Å². The predicted octanol–water partition coefficient (Wildman–Crippen LogP) is 1.15. The van der Waals surface area contributed by atoms with Crippen LogP contribution in [0.1, 0.15) is 18.2 Å². The highest BCUT2D eigenvalue weighted by atomic mass is 16.5. The number of methoxy groups -OCH3 is 1. The van der Waals surface area contributed by atoms with E-state index >= 15 is 0 Å². The Labute approximate surface area is 72.0 Å². The minimum Gasteiger partial charge on any atom is -0.396 e. The molecular formula is C9H13NO2. The fourth-order valence-electron chi connectivity index (χ4n) is 1.07. The van der Waals surface area contributed by atoms with E-state index < -0.39 is 0 Å². The molecule has 1 unspecified atom stereocenters. The fourth-order valence-corrected chi connectivity index (χ4v) is 1.07. The molecule has 0 radical (unpaired) electrons. The molecule has 1 heterocycles. The minimum atomic E-state index is -0.0869. The molecule has 0 aliphatic carbocycles. The lowest BCUT2D eigenvalue weighted by Gasteiger charge is -2.12. The van der Waals surface area contributed by atoms with E-state index in [-0.39, 0.29) is 12.7 Å². The van der Waals surface area contributed by atoms with Crippen LogP contribution in [0.5, 0.6) is 0 Å². The summed E-state index contributed by atoms with van der Waals surface area (Å²) < 4.78 is 5.15. The van der Waals surface area contributed by atoms with E-state index in [1.165, 1.54) is 0 Å². The van der Waals surface area contributed by atoms with Gasteiger partial charge in [0, 0.05) is 26.3 Å². The van der Waals surface area contributed by atoms with Gasteiger partial charge in [0.15, 0.2) is 0 Å². The molecule has 1 atom stereocenters. The van der Waals surface area contributed by atoms with Crippen LogP contribution in [0.3, 0.4) is 0 Å². The SMILES string of the molecule is COC(CCO)c1ccccn1. The summed E-state index contributed by atoms with van der Waals surface area (Å²) in [6.45, 7) is 0.120. The number of aromatic nitrogens is 1. The first-order chi connectivity index (χ1) is 5.88. The van der Waals surface area contributed by atoms with Crippen molar-refractivity contribution >= 4 is 0 Å². The molecule has 0 spiro atoms. The molecule has 0 aromatic carbocycles. The molecule has 12 heavy (non-hydrogen) atoms. The highest BCUT2D eigenvalue weighted by Crippen LogP contribution is 2.16.